The molecule has 29 heavy (non-hydrogen) atoms. The number of hydrogen-bond acceptors (Lipinski definition) is 4. The second-order valence-corrected chi connectivity index (χ2v) is 8.44. The number of rotatable bonds is 10. The molecule has 3 heterocycles. The number of benzene rings is 1. The van der Waals surface area contributed by atoms with Gasteiger partial charge in [0.1, 0.15) is 12.2 Å². The highest BCUT2D eigenvalue weighted by atomic mass is 16.7. The van der Waals surface area contributed by atoms with Crippen molar-refractivity contribution >= 4 is 5.97 Å². The molecule has 3 aliphatic rings. The highest BCUT2D eigenvalue weighted by Crippen LogP contribution is 2.55. The van der Waals surface area contributed by atoms with Gasteiger partial charge in [0.05, 0.1) is 18.3 Å². The first-order chi connectivity index (χ1) is 14.1. The lowest BCUT2D eigenvalue weighted by Crippen LogP contribution is -2.31. The van der Waals surface area contributed by atoms with Crippen molar-refractivity contribution < 1.29 is 24.5 Å². The van der Waals surface area contributed by atoms with Crippen LogP contribution in [0.1, 0.15) is 44.1 Å². The van der Waals surface area contributed by atoms with Gasteiger partial charge in [0.2, 0.25) is 0 Å². The minimum atomic E-state index is -0.745. The van der Waals surface area contributed by atoms with E-state index in [1.165, 1.54) is 0 Å². The Morgan fingerprint density at radius 2 is 1.83 bits per heavy atom. The molecule has 0 saturated carbocycles. The lowest BCUT2D eigenvalue weighted by molar-refractivity contribution is -0.137. The van der Waals surface area contributed by atoms with Gasteiger partial charge in [0.25, 0.3) is 0 Å². The van der Waals surface area contributed by atoms with Crippen LogP contribution in [0.5, 0.6) is 0 Å². The number of hydrogen-bond donors (Lipinski definition) is 2. The van der Waals surface area contributed by atoms with Gasteiger partial charge < -0.3 is 19.7 Å². The molecule has 8 atom stereocenters. The largest absolute Gasteiger partial charge is 0.481 e. The van der Waals surface area contributed by atoms with Gasteiger partial charge in [-0.05, 0) is 24.8 Å². The van der Waals surface area contributed by atoms with E-state index < -0.39 is 12.1 Å². The van der Waals surface area contributed by atoms with E-state index >= 15 is 0 Å². The third-order valence-corrected chi connectivity index (χ3v) is 6.52. The second-order valence-electron chi connectivity index (χ2n) is 8.44. The SMILES string of the molecule is CC(c1ccccc1)C(O)/C=C\C1C(C/C=C/CCCC(=O)O)C2OC1C1OC21. The maximum atomic E-state index is 10.7. The first-order valence-electron chi connectivity index (χ1n) is 10.7. The van der Waals surface area contributed by atoms with Gasteiger partial charge in [-0.25, -0.2) is 0 Å². The molecule has 4 rings (SSSR count). The molecule has 1 aromatic rings. The van der Waals surface area contributed by atoms with Crippen LogP contribution in [0.25, 0.3) is 0 Å². The summed E-state index contributed by atoms with van der Waals surface area (Å²) in [6.07, 6.45) is 11.0. The number of ether oxygens (including phenoxy) is 2. The zero-order valence-corrected chi connectivity index (χ0v) is 16.8. The van der Waals surface area contributed by atoms with Crippen LogP contribution in [-0.4, -0.2) is 46.7 Å². The van der Waals surface area contributed by atoms with E-state index in [0.717, 1.165) is 18.4 Å². The van der Waals surface area contributed by atoms with Gasteiger partial charge in [-0.15, -0.1) is 0 Å². The number of carboxylic acids is 1. The molecule has 2 bridgehead atoms. The molecule has 3 fully saturated rings. The topological polar surface area (TPSA) is 79.3 Å². The van der Waals surface area contributed by atoms with Crippen LogP contribution >= 0.6 is 0 Å². The molecule has 3 saturated heterocycles. The molecule has 5 nitrogen and oxygen atoms in total. The van der Waals surface area contributed by atoms with Crippen molar-refractivity contribution in [3.05, 3.63) is 60.2 Å². The average molecular weight is 398 g/mol. The van der Waals surface area contributed by atoms with Crippen molar-refractivity contribution in [2.24, 2.45) is 11.8 Å². The van der Waals surface area contributed by atoms with E-state index in [1.54, 1.807) is 0 Å². The molecular weight excluding hydrogens is 368 g/mol. The molecule has 0 aliphatic carbocycles. The van der Waals surface area contributed by atoms with Gasteiger partial charge in [0.15, 0.2) is 0 Å². The summed E-state index contributed by atoms with van der Waals surface area (Å²) in [5.74, 6) is -0.130. The Kier molecular flexibility index (Phi) is 6.18. The predicted molar refractivity (Wildman–Crippen MR) is 110 cm³/mol. The van der Waals surface area contributed by atoms with E-state index in [1.807, 2.05) is 43.3 Å². The number of fused-ring (bicyclic) bond motifs is 5. The number of aliphatic hydroxyl groups excluding tert-OH is 1. The van der Waals surface area contributed by atoms with Gasteiger partial charge >= 0.3 is 5.97 Å². The predicted octanol–water partition coefficient (Wildman–Crippen LogP) is 3.69. The summed E-state index contributed by atoms with van der Waals surface area (Å²) in [4.78, 5) is 10.6. The summed E-state index contributed by atoms with van der Waals surface area (Å²) in [5, 5.41) is 19.4. The van der Waals surface area contributed by atoms with E-state index in [4.69, 9.17) is 14.6 Å². The first-order valence-corrected chi connectivity index (χ1v) is 10.7. The van der Waals surface area contributed by atoms with Crippen molar-refractivity contribution in [1.82, 2.24) is 0 Å². The van der Waals surface area contributed by atoms with Gasteiger partial charge in [-0.2, -0.15) is 0 Å². The second kappa shape index (κ2) is 8.82. The molecule has 3 aliphatic heterocycles. The molecule has 156 valence electrons. The zero-order chi connectivity index (χ0) is 20.4. The summed E-state index contributed by atoms with van der Waals surface area (Å²) < 4.78 is 12.0. The molecule has 0 aromatic heterocycles. The Hall–Kier alpha value is -1.95. The Balaban J connectivity index is 1.35. The molecule has 8 unspecified atom stereocenters. The molecule has 1 aromatic carbocycles. The monoisotopic (exact) mass is 398 g/mol. The first kappa shape index (κ1) is 20.3. The molecule has 2 N–H and O–H groups in total. The van der Waals surface area contributed by atoms with E-state index in [9.17, 15) is 9.90 Å². The molecule has 0 spiro atoms. The number of allylic oxidation sites excluding steroid dienone is 2. The highest BCUT2D eigenvalue weighted by molar-refractivity contribution is 5.66. The van der Waals surface area contributed by atoms with Crippen molar-refractivity contribution in [2.45, 2.75) is 69.0 Å². The van der Waals surface area contributed by atoms with Gasteiger partial charge in [-0.3, -0.25) is 4.79 Å². The minimum absolute atomic E-state index is 0.0319. The number of aliphatic carboxylic acids is 1. The Labute approximate surface area is 172 Å². The molecular formula is C24H30O5. The fourth-order valence-corrected chi connectivity index (χ4v) is 4.77. The summed E-state index contributed by atoms with van der Waals surface area (Å²) in [7, 11) is 0. The van der Waals surface area contributed by atoms with Crippen molar-refractivity contribution in [1.29, 1.82) is 0 Å². The van der Waals surface area contributed by atoms with Crippen LogP contribution in [0.15, 0.2) is 54.6 Å². The fourth-order valence-electron chi connectivity index (χ4n) is 4.77. The smallest absolute Gasteiger partial charge is 0.303 e. The summed E-state index contributed by atoms with van der Waals surface area (Å²) >= 11 is 0. The van der Waals surface area contributed by atoms with Crippen molar-refractivity contribution in [3.63, 3.8) is 0 Å². The Morgan fingerprint density at radius 1 is 1.10 bits per heavy atom. The van der Waals surface area contributed by atoms with Gasteiger partial charge in [0, 0.05) is 24.2 Å². The lowest BCUT2D eigenvalue weighted by Gasteiger charge is -2.23. The van der Waals surface area contributed by atoms with Crippen LogP contribution in [0.4, 0.5) is 0 Å². The van der Waals surface area contributed by atoms with Crippen LogP contribution in [0.2, 0.25) is 0 Å². The van der Waals surface area contributed by atoms with E-state index in [0.29, 0.717) is 12.3 Å². The average Bonchev–Trinajstić information content (AvgIpc) is 3.35. The minimum Gasteiger partial charge on any atom is -0.481 e. The fraction of sp³-hybridized carbons (Fsp3) is 0.542. The third kappa shape index (κ3) is 4.47. The van der Waals surface area contributed by atoms with Crippen LogP contribution in [-0.2, 0) is 14.3 Å². The molecule has 5 heteroatoms. The van der Waals surface area contributed by atoms with Gasteiger partial charge in [-0.1, -0.05) is 61.6 Å². The summed E-state index contributed by atoms with van der Waals surface area (Å²) in [6, 6.07) is 10.1. The maximum absolute atomic E-state index is 10.7. The summed E-state index contributed by atoms with van der Waals surface area (Å²) in [5.41, 5.74) is 1.13. The van der Waals surface area contributed by atoms with Crippen LogP contribution in [0, 0.1) is 11.8 Å². The van der Waals surface area contributed by atoms with E-state index in [-0.39, 0.29) is 42.7 Å². The maximum Gasteiger partial charge on any atom is 0.303 e. The highest BCUT2D eigenvalue weighted by Gasteiger charge is 2.68. The quantitative estimate of drug-likeness (QED) is 0.357. The van der Waals surface area contributed by atoms with Crippen LogP contribution < -0.4 is 0 Å². The number of aliphatic hydroxyl groups is 1. The van der Waals surface area contributed by atoms with E-state index in [2.05, 4.69) is 18.2 Å². The lowest BCUT2D eigenvalue weighted by atomic mass is 9.77. The summed E-state index contributed by atoms with van der Waals surface area (Å²) in [6.45, 7) is 2.04. The van der Waals surface area contributed by atoms with Crippen molar-refractivity contribution in [2.75, 3.05) is 0 Å². The third-order valence-electron chi connectivity index (χ3n) is 6.52. The molecule has 0 radical (unpaired) electrons. The number of carbonyl (C=O) groups is 1. The Morgan fingerprint density at radius 3 is 2.59 bits per heavy atom. The standard InChI is InChI=1S/C24H30O5/c1-15(16-9-5-4-6-10-16)19(25)14-13-18-17(11-7-2-3-8-12-20(26)27)21-23-24(29-23)22(18)28-21/h2,4-7,9-10,13-15,17-19,21-25H,3,8,11-12H2,1H3,(H,26,27)/b7-2+,14-13-. The number of epoxide rings is 1. The Bertz CT molecular complexity index is 758. The number of carboxylic acid groups (broad SMARTS) is 1. The molecule has 0 amide bonds. The van der Waals surface area contributed by atoms with Crippen molar-refractivity contribution in [3.8, 4) is 0 Å². The normalized spacial score (nSPS) is 34.6. The number of unbranched alkanes of at least 4 members (excludes halogenated alkanes) is 1. The van der Waals surface area contributed by atoms with Crippen LogP contribution in [0.3, 0.4) is 0 Å². The zero-order valence-electron chi connectivity index (χ0n) is 16.8.